The van der Waals surface area contributed by atoms with Gasteiger partial charge in [0.15, 0.2) is 0 Å². The third-order valence-corrected chi connectivity index (χ3v) is 4.74. The van der Waals surface area contributed by atoms with Crippen LogP contribution in [-0.4, -0.2) is 82.9 Å². The van der Waals surface area contributed by atoms with Gasteiger partial charge in [-0.2, -0.15) is 5.10 Å². The van der Waals surface area contributed by atoms with Gasteiger partial charge < -0.3 is 19.6 Å². The molecule has 0 bridgehead atoms. The summed E-state index contributed by atoms with van der Waals surface area (Å²) in [5, 5.41) is 14.2. The minimum Gasteiger partial charge on any atom is -0.483 e. The maximum absolute atomic E-state index is 12.4. The van der Waals surface area contributed by atoms with E-state index in [-0.39, 0.29) is 12.4 Å². The molecule has 3 rings (SSSR count). The van der Waals surface area contributed by atoms with E-state index in [1.54, 1.807) is 0 Å². The molecular formula is C17H28N4O4. The van der Waals surface area contributed by atoms with Crippen molar-refractivity contribution in [2.45, 2.75) is 38.6 Å². The van der Waals surface area contributed by atoms with Gasteiger partial charge in [-0.05, 0) is 39.3 Å². The van der Waals surface area contributed by atoms with Crippen molar-refractivity contribution in [1.82, 2.24) is 20.0 Å². The van der Waals surface area contributed by atoms with Crippen LogP contribution in [0.15, 0.2) is 6.07 Å². The molecule has 140 valence electrons. The molecule has 2 aliphatic rings. The molecule has 2 aliphatic heterocycles. The summed E-state index contributed by atoms with van der Waals surface area (Å²) < 4.78 is 5.29. The number of rotatable bonds is 3. The fourth-order valence-electron chi connectivity index (χ4n) is 3.31. The van der Waals surface area contributed by atoms with E-state index in [4.69, 9.17) is 14.6 Å². The molecule has 25 heavy (non-hydrogen) atoms. The number of hydrogen-bond acceptors (Lipinski definition) is 5. The Morgan fingerprint density at radius 3 is 2.72 bits per heavy atom. The first-order valence-corrected chi connectivity index (χ1v) is 8.81. The second kappa shape index (κ2) is 9.53. The van der Waals surface area contributed by atoms with Crippen LogP contribution in [0.25, 0.3) is 0 Å². The summed E-state index contributed by atoms with van der Waals surface area (Å²) in [6.07, 6.45) is 2.37. The van der Waals surface area contributed by atoms with Gasteiger partial charge in [-0.15, -0.1) is 0 Å². The van der Waals surface area contributed by atoms with Gasteiger partial charge in [-0.25, -0.2) is 0 Å². The molecule has 0 radical (unpaired) electrons. The lowest BCUT2D eigenvalue weighted by Gasteiger charge is -2.34. The highest BCUT2D eigenvalue weighted by Crippen LogP contribution is 2.27. The highest BCUT2D eigenvalue weighted by atomic mass is 16.5. The Hall–Kier alpha value is -1.93. The van der Waals surface area contributed by atoms with E-state index in [1.165, 1.54) is 13.0 Å². The van der Waals surface area contributed by atoms with E-state index in [9.17, 15) is 4.79 Å². The molecule has 3 heterocycles. The van der Waals surface area contributed by atoms with Crippen LogP contribution in [0, 0.1) is 0 Å². The predicted octanol–water partition coefficient (Wildman–Crippen LogP) is 1.17. The number of ether oxygens (including phenoxy) is 1. The van der Waals surface area contributed by atoms with Gasteiger partial charge in [0.1, 0.15) is 5.69 Å². The molecule has 2 fully saturated rings. The minimum atomic E-state index is -0.250. The quantitative estimate of drug-likeness (QED) is 0.793. The van der Waals surface area contributed by atoms with E-state index in [1.807, 2.05) is 11.0 Å². The highest BCUT2D eigenvalue weighted by Gasteiger charge is 2.26. The lowest BCUT2D eigenvalue weighted by atomic mass is 9.94. The number of aromatic nitrogens is 2. The zero-order valence-electron chi connectivity index (χ0n) is 15.0. The van der Waals surface area contributed by atoms with Gasteiger partial charge in [-0.3, -0.25) is 14.7 Å². The monoisotopic (exact) mass is 352 g/mol. The summed E-state index contributed by atoms with van der Waals surface area (Å²) in [5.41, 5.74) is 1.64. The Morgan fingerprint density at radius 1 is 1.40 bits per heavy atom. The maximum Gasteiger partial charge on any atom is 0.290 e. The first-order valence-electron chi connectivity index (χ1n) is 8.81. The van der Waals surface area contributed by atoms with Crippen molar-refractivity contribution in [3.8, 4) is 0 Å². The van der Waals surface area contributed by atoms with Gasteiger partial charge in [0.25, 0.3) is 12.4 Å². The summed E-state index contributed by atoms with van der Waals surface area (Å²) >= 11 is 0. The number of amides is 1. The van der Waals surface area contributed by atoms with E-state index in [2.05, 4.69) is 28.9 Å². The molecule has 2 N–H and O–H groups in total. The smallest absolute Gasteiger partial charge is 0.290 e. The van der Waals surface area contributed by atoms with Crippen LogP contribution in [0.1, 0.15) is 48.8 Å². The lowest BCUT2D eigenvalue weighted by molar-refractivity contribution is -0.122. The molecule has 0 aliphatic carbocycles. The molecule has 8 heteroatoms. The highest BCUT2D eigenvalue weighted by molar-refractivity contribution is 5.92. The molecule has 1 atom stereocenters. The molecule has 0 spiro atoms. The van der Waals surface area contributed by atoms with Crippen LogP contribution in [0.2, 0.25) is 0 Å². The van der Waals surface area contributed by atoms with Crippen LogP contribution in [0.4, 0.5) is 0 Å². The number of nitrogens with one attached hydrogen (secondary N) is 1. The molecule has 8 nitrogen and oxygen atoms in total. The van der Waals surface area contributed by atoms with Crippen LogP contribution >= 0.6 is 0 Å². The van der Waals surface area contributed by atoms with Gasteiger partial charge in [0.05, 0.1) is 13.2 Å². The first kappa shape index (κ1) is 19.4. The van der Waals surface area contributed by atoms with E-state index in [0.29, 0.717) is 44.0 Å². The number of likely N-dealkylation sites (tertiary alicyclic amines) is 1. The van der Waals surface area contributed by atoms with Crippen LogP contribution < -0.4 is 0 Å². The van der Waals surface area contributed by atoms with Crippen LogP contribution in [0.3, 0.4) is 0 Å². The molecule has 2 saturated heterocycles. The summed E-state index contributed by atoms with van der Waals surface area (Å²) in [5.74, 6) is 0.470. The minimum absolute atomic E-state index is 0.0160. The molecule has 1 aromatic rings. The van der Waals surface area contributed by atoms with Crippen molar-refractivity contribution in [2.75, 3.05) is 39.4 Å². The lowest BCUT2D eigenvalue weighted by Crippen LogP contribution is -2.40. The Kier molecular flexibility index (Phi) is 7.39. The van der Waals surface area contributed by atoms with Crippen molar-refractivity contribution in [3.05, 3.63) is 17.5 Å². The third-order valence-electron chi connectivity index (χ3n) is 4.74. The van der Waals surface area contributed by atoms with Gasteiger partial charge >= 0.3 is 0 Å². The Morgan fingerprint density at radius 2 is 2.08 bits per heavy atom. The largest absolute Gasteiger partial charge is 0.483 e. The van der Waals surface area contributed by atoms with Crippen LogP contribution in [-0.2, 0) is 9.53 Å². The number of carbonyl (C=O) groups is 2. The standard InChI is InChI=1S/C16H26N4O2.CH2O2/c1-12(2)20-5-3-4-13(11-20)14-10-15(18-17-14)16(21)19-6-8-22-9-7-19;2-1-3/h10,12-13H,3-9,11H2,1-2H3,(H,17,18);1H,(H,2,3). The molecule has 1 aromatic heterocycles. The number of aromatic amines is 1. The molecule has 1 unspecified atom stereocenters. The van der Waals surface area contributed by atoms with E-state index < -0.39 is 0 Å². The van der Waals surface area contributed by atoms with Crippen molar-refractivity contribution in [3.63, 3.8) is 0 Å². The van der Waals surface area contributed by atoms with Gasteiger partial charge in [-0.1, -0.05) is 0 Å². The number of piperidine rings is 1. The Balaban J connectivity index is 0.000000701. The van der Waals surface area contributed by atoms with Crippen LogP contribution in [0.5, 0.6) is 0 Å². The van der Waals surface area contributed by atoms with E-state index in [0.717, 1.165) is 18.7 Å². The Bertz CT molecular complexity index is 555. The average molecular weight is 352 g/mol. The third kappa shape index (κ3) is 5.27. The first-order chi connectivity index (χ1) is 12.1. The van der Waals surface area contributed by atoms with Crippen molar-refractivity contribution in [1.29, 1.82) is 0 Å². The zero-order valence-corrected chi connectivity index (χ0v) is 15.0. The fourth-order valence-corrected chi connectivity index (χ4v) is 3.31. The molecule has 0 aromatic carbocycles. The van der Waals surface area contributed by atoms with Crippen molar-refractivity contribution >= 4 is 12.4 Å². The van der Waals surface area contributed by atoms with Crippen molar-refractivity contribution < 1.29 is 19.4 Å². The Labute approximate surface area is 148 Å². The van der Waals surface area contributed by atoms with E-state index >= 15 is 0 Å². The number of hydrogen-bond donors (Lipinski definition) is 2. The van der Waals surface area contributed by atoms with Gasteiger partial charge in [0.2, 0.25) is 0 Å². The number of morpholine rings is 1. The molecule has 1 amide bonds. The second-order valence-corrected chi connectivity index (χ2v) is 6.65. The molecule has 0 saturated carbocycles. The zero-order chi connectivity index (χ0) is 18.2. The number of carbonyl (C=O) groups excluding carboxylic acids is 1. The SMILES string of the molecule is CC(C)N1CCCC(c2cc(C(=O)N3CCOCC3)n[nH]2)C1.O=CO. The summed E-state index contributed by atoms with van der Waals surface area (Å²) in [7, 11) is 0. The topological polar surface area (TPSA) is 98.8 Å². The fraction of sp³-hybridized carbons (Fsp3) is 0.706. The number of nitrogens with zero attached hydrogens (tertiary/aromatic N) is 3. The molecular weight excluding hydrogens is 324 g/mol. The summed E-state index contributed by atoms with van der Waals surface area (Å²) in [6.45, 7) is 9.00. The van der Waals surface area contributed by atoms with Gasteiger partial charge in [0, 0.05) is 37.3 Å². The van der Waals surface area contributed by atoms with Crippen molar-refractivity contribution in [2.24, 2.45) is 0 Å². The number of H-pyrrole nitrogens is 1. The second-order valence-electron chi connectivity index (χ2n) is 6.65. The normalized spacial score (nSPS) is 21.6. The maximum atomic E-state index is 12.4. The average Bonchev–Trinajstić information content (AvgIpc) is 3.13. The predicted molar refractivity (Wildman–Crippen MR) is 92.7 cm³/mol. The number of carboxylic acid groups (broad SMARTS) is 1. The summed E-state index contributed by atoms with van der Waals surface area (Å²) in [4.78, 5) is 25.1. The summed E-state index contributed by atoms with van der Waals surface area (Å²) in [6, 6.07) is 2.52.